The summed E-state index contributed by atoms with van der Waals surface area (Å²) in [5, 5.41) is 12.0. The van der Waals surface area contributed by atoms with Gasteiger partial charge in [0, 0.05) is 6.42 Å². The Kier molecular flexibility index (Phi) is 12.5. The molecule has 0 saturated heterocycles. The number of aliphatic carboxylic acids is 1. The van der Waals surface area contributed by atoms with Crippen LogP contribution in [0.2, 0.25) is 0 Å². The lowest BCUT2D eigenvalue weighted by atomic mass is 10.0. The SMILES string of the molecule is CCCCCCCCNCCC(C)CCC(=O)O. The predicted molar refractivity (Wildman–Crippen MR) is 76.9 cm³/mol. The first kappa shape index (κ1) is 17.4. The van der Waals surface area contributed by atoms with E-state index in [2.05, 4.69) is 19.2 Å². The summed E-state index contributed by atoms with van der Waals surface area (Å²) in [6, 6.07) is 0. The van der Waals surface area contributed by atoms with Crippen molar-refractivity contribution in [3.05, 3.63) is 0 Å². The summed E-state index contributed by atoms with van der Waals surface area (Å²) in [4.78, 5) is 10.4. The molecule has 0 aromatic carbocycles. The van der Waals surface area contributed by atoms with Gasteiger partial charge in [0.1, 0.15) is 0 Å². The zero-order valence-electron chi connectivity index (χ0n) is 12.2. The van der Waals surface area contributed by atoms with E-state index in [1.54, 1.807) is 0 Å². The van der Waals surface area contributed by atoms with Crippen LogP contribution in [0, 0.1) is 5.92 Å². The minimum atomic E-state index is -0.679. The van der Waals surface area contributed by atoms with Crippen molar-refractivity contribution in [2.45, 2.75) is 71.6 Å². The normalized spacial score (nSPS) is 12.6. The minimum Gasteiger partial charge on any atom is -0.481 e. The van der Waals surface area contributed by atoms with Crippen LogP contribution in [0.4, 0.5) is 0 Å². The van der Waals surface area contributed by atoms with Gasteiger partial charge in [0.25, 0.3) is 0 Å². The number of unbranched alkanes of at least 4 members (excludes halogenated alkanes) is 5. The first-order valence-electron chi connectivity index (χ1n) is 7.59. The van der Waals surface area contributed by atoms with Gasteiger partial charge >= 0.3 is 5.97 Å². The average Bonchev–Trinajstić information content (AvgIpc) is 2.34. The first-order chi connectivity index (χ1) is 8.66. The number of hydrogen-bond acceptors (Lipinski definition) is 2. The number of carbonyl (C=O) groups is 1. The van der Waals surface area contributed by atoms with Gasteiger partial charge in [-0.1, -0.05) is 46.0 Å². The molecule has 0 heterocycles. The van der Waals surface area contributed by atoms with Crippen LogP contribution in [0.1, 0.15) is 71.6 Å². The second-order valence-electron chi connectivity index (χ2n) is 5.34. The highest BCUT2D eigenvalue weighted by molar-refractivity contribution is 5.66. The van der Waals surface area contributed by atoms with E-state index < -0.39 is 5.97 Å². The van der Waals surface area contributed by atoms with Gasteiger partial charge in [-0.25, -0.2) is 0 Å². The minimum absolute atomic E-state index is 0.304. The molecule has 0 aromatic heterocycles. The van der Waals surface area contributed by atoms with E-state index in [4.69, 9.17) is 5.11 Å². The highest BCUT2D eigenvalue weighted by Crippen LogP contribution is 2.09. The molecule has 0 aliphatic rings. The fraction of sp³-hybridized carbons (Fsp3) is 0.933. The van der Waals surface area contributed by atoms with Gasteiger partial charge in [-0.2, -0.15) is 0 Å². The molecule has 0 rings (SSSR count). The molecular weight excluding hydrogens is 226 g/mol. The number of rotatable bonds is 13. The maximum atomic E-state index is 10.4. The van der Waals surface area contributed by atoms with Crippen LogP contribution in [0.3, 0.4) is 0 Å². The molecule has 0 radical (unpaired) electrons. The van der Waals surface area contributed by atoms with E-state index in [0.717, 1.165) is 25.9 Å². The quantitative estimate of drug-likeness (QED) is 0.493. The van der Waals surface area contributed by atoms with Crippen molar-refractivity contribution in [3.8, 4) is 0 Å². The Morgan fingerprint density at radius 3 is 2.39 bits per heavy atom. The van der Waals surface area contributed by atoms with Crippen LogP contribution in [-0.2, 0) is 4.79 Å². The van der Waals surface area contributed by atoms with Crippen molar-refractivity contribution < 1.29 is 9.90 Å². The summed E-state index contributed by atoms with van der Waals surface area (Å²) < 4.78 is 0. The molecule has 0 aliphatic heterocycles. The topological polar surface area (TPSA) is 49.3 Å². The van der Waals surface area contributed by atoms with Gasteiger partial charge in [0.2, 0.25) is 0 Å². The second-order valence-corrected chi connectivity index (χ2v) is 5.34. The number of hydrogen-bond donors (Lipinski definition) is 2. The summed E-state index contributed by atoms with van der Waals surface area (Å²) in [6.07, 6.45) is 10.2. The average molecular weight is 257 g/mol. The van der Waals surface area contributed by atoms with E-state index in [1.165, 1.54) is 38.5 Å². The first-order valence-corrected chi connectivity index (χ1v) is 7.59. The summed E-state index contributed by atoms with van der Waals surface area (Å²) in [6.45, 7) is 6.51. The number of carboxylic acid groups (broad SMARTS) is 1. The van der Waals surface area contributed by atoms with Gasteiger partial charge in [0.15, 0.2) is 0 Å². The maximum Gasteiger partial charge on any atom is 0.303 e. The Morgan fingerprint density at radius 1 is 1.06 bits per heavy atom. The molecule has 3 nitrogen and oxygen atoms in total. The highest BCUT2D eigenvalue weighted by atomic mass is 16.4. The number of nitrogens with one attached hydrogen (secondary N) is 1. The van der Waals surface area contributed by atoms with Crippen LogP contribution >= 0.6 is 0 Å². The van der Waals surface area contributed by atoms with E-state index >= 15 is 0 Å². The number of carboxylic acids is 1. The fourth-order valence-electron chi connectivity index (χ4n) is 2.02. The summed E-state index contributed by atoms with van der Waals surface area (Å²) in [5.41, 5.74) is 0. The standard InChI is InChI=1S/C15H31NO2/c1-3-4-5-6-7-8-12-16-13-11-14(2)9-10-15(17)18/h14,16H,3-13H2,1-2H3,(H,17,18). The molecule has 0 amide bonds. The molecule has 3 heteroatoms. The molecule has 0 aromatic rings. The van der Waals surface area contributed by atoms with E-state index in [0.29, 0.717) is 12.3 Å². The Morgan fingerprint density at radius 2 is 1.72 bits per heavy atom. The largest absolute Gasteiger partial charge is 0.481 e. The molecule has 2 N–H and O–H groups in total. The van der Waals surface area contributed by atoms with Gasteiger partial charge in [-0.05, 0) is 38.3 Å². The Bertz CT molecular complexity index is 195. The van der Waals surface area contributed by atoms with Crippen molar-refractivity contribution in [2.24, 2.45) is 5.92 Å². The van der Waals surface area contributed by atoms with Crippen LogP contribution in [0.5, 0.6) is 0 Å². The van der Waals surface area contributed by atoms with Crippen LogP contribution < -0.4 is 5.32 Å². The summed E-state index contributed by atoms with van der Waals surface area (Å²) in [5.74, 6) is -0.167. The summed E-state index contributed by atoms with van der Waals surface area (Å²) in [7, 11) is 0. The lowest BCUT2D eigenvalue weighted by molar-refractivity contribution is -0.137. The van der Waals surface area contributed by atoms with Crippen molar-refractivity contribution in [2.75, 3.05) is 13.1 Å². The lowest BCUT2D eigenvalue weighted by Crippen LogP contribution is -2.19. The third-order valence-electron chi connectivity index (χ3n) is 3.37. The second kappa shape index (κ2) is 12.9. The van der Waals surface area contributed by atoms with Crippen molar-refractivity contribution in [1.29, 1.82) is 0 Å². The molecule has 0 aliphatic carbocycles. The molecule has 1 atom stereocenters. The van der Waals surface area contributed by atoms with Gasteiger partial charge in [-0.3, -0.25) is 4.79 Å². The van der Waals surface area contributed by atoms with Crippen LogP contribution in [-0.4, -0.2) is 24.2 Å². The van der Waals surface area contributed by atoms with Crippen LogP contribution in [0.25, 0.3) is 0 Å². The molecule has 1 unspecified atom stereocenters. The molecule has 0 saturated carbocycles. The zero-order chi connectivity index (χ0) is 13.6. The fourth-order valence-corrected chi connectivity index (χ4v) is 2.02. The van der Waals surface area contributed by atoms with Crippen molar-refractivity contribution >= 4 is 5.97 Å². The third-order valence-corrected chi connectivity index (χ3v) is 3.37. The van der Waals surface area contributed by atoms with Gasteiger partial charge in [0.05, 0.1) is 0 Å². The molecule has 0 fully saturated rings. The van der Waals surface area contributed by atoms with Crippen molar-refractivity contribution in [3.63, 3.8) is 0 Å². The molecule has 108 valence electrons. The third kappa shape index (κ3) is 13.5. The van der Waals surface area contributed by atoms with Gasteiger partial charge in [-0.15, -0.1) is 0 Å². The van der Waals surface area contributed by atoms with E-state index in [9.17, 15) is 4.79 Å². The van der Waals surface area contributed by atoms with Crippen molar-refractivity contribution in [1.82, 2.24) is 5.32 Å². The smallest absolute Gasteiger partial charge is 0.303 e. The van der Waals surface area contributed by atoms with Crippen LogP contribution in [0.15, 0.2) is 0 Å². The van der Waals surface area contributed by atoms with E-state index in [-0.39, 0.29) is 0 Å². The Hall–Kier alpha value is -0.570. The molecule has 0 bridgehead atoms. The van der Waals surface area contributed by atoms with E-state index in [1.807, 2.05) is 0 Å². The zero-order valence-corrected chi connectivity index (χ0v) is 12.2. The Labute approximate surface area is 112 Å². The monoisotopic (exact) mass is 257 g/mol. The van der Waals surface area contributed by atoms with Gasteiger partial charge < -0.3 is 10.4 Å². The lowest BCUT2D eigenvalue weighted by Gasteiger charge is -2.10. The predicted octanol–water partition coefficient (Wildman–Crippen LogP) is 3.83. The molecular formula is C15H31NO2. The Balaban J connectivity index is 3.12. The summed E-state index contributed by atoms with van der Waals surface area (Å²) >= 11 is 0. The molecule has 0 spiro atoms. The maximum absolute atomic E-state index is 10.4. The molecule has 18 heavy (non-hydrogen) atoms. The highest BCUT2D eigenvalue weighted by Gasteiger charge is 2.04.